The van der Waals surface area contributed by atoms with Gasteiger partial charge in [0.1, 0.15) is 29.6 Å². The number of benzene rings is 2. The molecule has 1 aliphatic rings. The molecule has 0 atom stereocenters. The van der Waals surface area contributed by atoms with Crippen LogP contribution in [0.3, 0.4) is 0 Å². The minimum Gasteiger partial charge on any atom is -0.489 e. The van der Waals surface area contributed by atoms with Crippen LogP contribution in [0.4, 0.5) is 8.78 Å². The Balaban J connectivity index is 1.74. The van der Waals surface area contributed by atoms with E-state index in [0.717, 1.165) is 17.7 Å². The molecule has 1 amide bonds. The molecular weight excluding hydrogens is 316 g/mol. The van der Waals surface area contributed by atoms with E-state index < -0.39 is 23.1 Å². The molecule has 0 aromatic heterocycles. The topological polar surface area (TPSA) is 38.8 Å². The Hall–Kier alpha value is -2.47. The summed E-state index contributed by atoms with van der Waals surface area (Å²) >= 11 is 0. The average Bonchev–Trinajstić information content (AvgIpc) is 2.61. The Labute approximate surface area is 138 Å². The van der Waals surface area contributed by atoms with E-state index >= 15 is 0 Å². The molecule has 1 saturated heterocycles. The van der Waals surface area contributed by atoms with Crippen molar-refractivity contribution < 1.29 is 23.0 Å². The van der Waals surface area contributed by atoms with E-state index in [9.17, 15) is 13.6 Å². The molecule has 4 nitrogen and oxygen atoms in total. The van der Waals surface area contributed by atoms with Crippen LogP contribution in [0.5, 0.6) is 5.75 Å². The van der Waals surface area contributed by atoms with Crippen LogP contribution in [-0.4, -0.2) is 37.1 Å². The molecule has 6 heteroatoms. The summed E-state index contributed by atoms with van der Waals surface area (Å²) in [4.78, 5) is 13.7. The number of nitrogens with zero attached hydrogens (tertiary/aromatic N) is 1. The van der Waals surface area contributed by atoms with Gasteiger partial charge in [-0.3, -0.25) is 4.79 Å². The molecule has 2 aromatic carbocycles. The first-order valence-electron chi connectivity index (χ1n) is 7.68. The van der Waals surface area contributed by atoms with Crippen molar-refractivity contribution in [2.24, 2.45) is 0 Å². The molecule has 0 saturated carbocycles. The first kappa shape index (κ1) is 16.4. The quantitative estimate of drug-likeness (QED) is 0.863. The predicted octanol–water partition coefficient (Wildman–Crippen LogP) is 3.02. The first-order valence-corrected chi connectivity index (χ1v) is 7.68. The van der Waals surface area contributed by atoms with E-state index in [1.165, 1.54) is 4.90 Å². The van der Waals surface area contributed by atoms with E-state index in [4.69, 9.17) is 9.47 Å². The van der Waals surface area contributed by atoms with Gasteiger partial charge in [-0.1, -0.05) is 30.3 Å². The lowest BCUT2D eigenvalue weighted by Crippen LogP contribution is -2.41. The second kappa shape index (κ2) is 7.40. The van der Waals surface area contributed by atoms with Gasteiger partial charge in [-0.15, -0.1) is 0 Å². The molecule has 1 fully saturated rings. The fourth-order valence-electron chi connectivity index (χ4n) is 2.50. The highest BCUT2D eigenvalue weighted by Crippen LogP contribution is 2.23. The molecule has 0 N–H and O–H groups in total. The van der Waals surface area contributed by atoms with Crippen LogP contribution in [0.25, 0.3) is 0 Å². The van der Waals surface area contributed by atoms with Crippen LogP contribution in [0.1, 0.15) is 15.9 Å². The predicted molar refractivity (Wildman–Crippen MR) is 83.9 cm³/mol. The molecule has 1 heterocycles. The van der Waals surface area contributed by atoms with E-state index in [2.05, 4.69) is 0 Å². The number of hydrogen-bond acceptors (Lipinski definition) is 3. The zero-order valence-corrected chi connectivity index (χ0v) is 13.0. The van der Waals surface area contributed by atoms with E-state index in [-0.39, 0.29) is 12.4 Å². The molecule has 126 valence electrons. The number of ether oxygens (including phenoxy) is 2. The molecule has 3 rings (SSSR count). The Morgan fingerprint density at radius 3 is 2.33 bits per heavy atom. The Morgan fingerprint density at radius 2 is 1.71 bits per heavy atom. The largest absolute Gasteiger partial charge is 0.489 e. The first-order chi connectivity index (χ1) is 11.6. The van der Waals surface area contributed by atoms with Gasteiger partial charge in [0.15, 0.2) is 0 Å². The van der Waals surface area contributed by atoms with Crippen molar-refractivity contribution in [3.8, 4) is 5.75 Å². The lowest BCUT2D eigenvalue weighted by atomic mass is 10.1. The van der Waals surface area contributed by atoms with E-state index in [0.29, 0.717) is 26.3 Å². The maximum absolute atomic E-state index is 14.2. The maximum atomic E-state index is 14.2. The molecule has 0 aliphatic carbocycles. The SMILES string of the molecule is O=C(c1c(F)cc(OCc2ccccc2)cc1F)N1CCOCC1. The summed E-state index contributed by atoms with van der Waals surface area (Å²) in [5, 5.41) is 0. The van der Waals surface area contributed by atoms with Crippen molar-refractivity contribution in [3.63, 3.8) is 0 Å². The van der Waals surface area contributed by atoms with Crippen LogP contribution < -0.4 is 4.74 Å². The van der Waals surface area contributed by atoms with Gasteiger partial charge in [-0.2, -0.15) is 0 Å². The molecule has 0 spiro atoms. The summed E-state index contributed by atoms with van der Waals surface area (Å²) in [7, 11) is 0. The number of amides is 1. The average molecular weight is 333 g/mol. The highest BCUT2D eigenvalue weighted by atomic mass is 19.1. The monoisotopic (exact) mass is 333 g/mol. The minimum absolute atomic E-state index is 0.0485. The molecule has 0 unspecified atom stereocenters. The Morgan fingerprint density at radius 1 is 1.08 bits per heavy atom. The summed E-state index contributed by atoms with van der Waals surface area (Å²) in [6, 6.07) is 11.4. The fourth-order valence-corrected chi connectivity index (χ4v) is 2.50. The zero-order chi connectivity index (χ0) is 16.9. The third-order valence-corrected chi connectivity index (χ3v) is 3.78. The van der Waals surface area contributed by atoms with Gasteiger partial charge >= 0.3 is 0 Å². The number of rotatable bonds is 4. The lowest BCUT2D eigenvalue weighted by Gasteiger charge is -2.27. The van der Waals surface area contributed by atoms with Crippen molar-refractivity contribution in [2.45, 2.75) is 6.61 Å². The van der Waals surface area contributed by atoms with E-state index in [1.807, 2.05) is 30.3 Å². The highest BCUT2D eigenvalue weighted by molar-refractivity contribution is 5.95. The normalized spacial score (nSPS) is 14.5. The standard InChI is InChI=1S/C18H17F2NO3/c19-15-10-14(24-12-13-4-2-1-3-5-13)11-16(20)17(15)18(22)21-6-8-23-9-7-21/h1-5,10-11H,6-9,12H2. The van der Waals surface area contributed by atoms with E-state index in [1.54, 1.807) is 0 Å². The number of hydrogen-bond donors (Lipinski definition) is 0. The van der Waals surface area contributed by atoms with Gasteiger partial charge in [-0.05, 0) is 5.56 Å². The van der Waals surface area contributed by atoms with Crippen LogP contribution >= 0.6 is 0 Å². The third-order valence-electron chi connectivity index (χ3n) is 3.78. The lowest BCUT2D eigenvalue weighted by molar-refractivity contribution is 0.0296. The van der Waals surface area contributed by atoms with Crippen molar-refractivity contribution in [2.75, 3.05) is 26.3 Å². The second-order valence-electron chi connectivity index (χ2n) is 5.44. The van der Waals surface area contributed by atoms with Gasteiger partial charge in [-0.25, -0.2) is 8.78 Å². The summed E-state index contributed by atoms with van der Waals surface area (Å²) in [5.74, 6) is -2.46. The Kier molecular flexibility index (Phi) is 5.05. The molecular formula is C18H17F2NO3. The van der Waals surface area contributed by atoms with Crippen LogP contribution in [0, 0.1) is 11.6 Å². The molecule has 0 radical (unpaired) electrons. The van der Waals surface area contributed by atoms with Gasteiger partial charge in [0.2, 0.25) is 0 Å². The van der Waals surface area contributed by atoms with Crippen LogP contribution in [0.15, 0.2) is 42.5 Å². The third kappa shape index (κ3) is 3.71. The van der Waals surface area contributed by atoms with Crippen LogP contribution in [-0.2, 0) is 11.3 Å². The molecule has 0 bridgehead atoms. The van der Waals surface area contributed by atoms with Crippen molar-refractivity contribution >= 4 is 5.91 Å². The maximum Gasteiger partial charge on any atom is 0.259 e. The van der Waals surface area contributed by atoms with Crippen molar-refractivity contribution in [3.05, 3.63) is 65.2 Å². The zero-order valence-electron chi connectivity index (χ0n) is 13.0. The van der Waals surface area contributed by atoms with Crippen molar-refractivity contribution in [1.82, 2.24) is 4.90 Å². The summed E-state index contributed by atoms with van der Waals surface area (Å²) in [5.41, 5.74) is 0.329. The molecule has 24 heavy (non-hydrogen) atoms. The summed E-state index contributed by atoms with van der Waals surface area (Å²) in [6.07, 6.45) is 0. The smallest absolute Gasteiger partial charge is 0.259 e. The number of halogens is 2. The van der Waals surface area contributed by atoms with Gasteiger partial charge < -0.3 is 14.4 Å². The summed E-state index contributed by atoms with van der Waals surface area (Å²) < 4.78 is 39.0. The fraction of sp³-hybridized carbons (Fsp3) is 0.278. The van der Waals surface area contributed by atoms with Gasteiger partial charge in [0, 0.05) is 25.2 Å². The number of carbonyl (C=O) groups excluding carboxylic acids is 1. The second-order valence-corrected chi connectivity index (χ2v) is 5.44. The molecule has 2 aromatic rings. The van der Waals surface area contributed by atoms with Crippen LogP contribution in [0.2, 0.25) is 0 Å². The number of carbonyl (C=O) groups is 1. The van der Waals surface area contributed by atoms with Crippen molar-refractivity contribution in [1.29, 1.82) is 0 Å². The number of morpholine rings is 1. The minimum atomic E-state index is -0.922. The summed E-state index contributed by atoms with van der Waals surface area (Å²) in [6.45, 7) is 1.57. The Bertz CT molecular complexity index is 692. The highest BCUT2D eigenvalue weighted by Gasteiger charge is 2.25. The van der Waals surface area contributed by atoms with Gasteiger partial charge in [0.05, 0.1) is 13.2 Å². The van der Waals surface area contributed by atoms with Gasteiger partial charge in [0.25, 0.3) is 5.91 Å². The molecule has 1 aliphatic heterocycles.